The molecule has 9 heteroatoms. The smallest absolute Gasteiger partial charge is 0.408 e. The summed E-state index contributed by atoms with van der Waals surface area (Å²) >= 11 is 0. The van der Waals surface area contributed by atoms with Crippen molar-refractivity contribution in [2.45, 2.75) is 52.7 Å². The Balaban J connectivity index is 2.56. The number of ether oxygens (including phenoxy) is 2. The molecule has 27 heavy (non-hydrogen) atoms. The first kappa shape index (κ1) is 21.9. The fourth-order valence-corrected chi connectivity index (χ4v) is 1.79. The average molecular weight is 379 g/mol. The van der Waals surface area contributed by atoms with Crippen LogP contribution in [-0.4, -0.2) is 35.5 Å². The van der Waals surface area contributed by atoms with Gasteiger partial charge < -0.3 is 25.4 Å². The highest BCUT2D eigenvalue weighted by Crippen LogP contribution is 2.14. The van der Waals surface area contributed by atoms with Gasteiger partial charge in [-0.3, -0.25) is 0 Å². The van der Waals surface area contributed by atoms with Crippen LogP contribution in [0.5, 0.6) is 5.75 Å². The maximum Gasteiger partial charge on any atom is 0.408 e. The van der Waals surface area contributed by atoms with Crippen molar-refractivity contribution >= 4 is 23.9 Å². The van der Waals surface area contributed by atoms with Gasteiger partial charge in [0.15, 0.2) is 0 Å². The van der Waals surface area contributed by atoms with Crippen molar-refractivity contribution in [1.82, 2.24) is 5.32 Å². The van der Waals surface area contributed by atoms with Crippen molar-refractivity contribution in [3.8, 4) is 5.75 Å². The van der Waals surface area contributed by atoms with Crippen LogP contribution in [-0.2, 0) is 25.6 Å². The van der Waals surface area contributed by atoms with Crippen molar-refractivity contribution < 1.29 is 28.7 Å². The molecule has 3 N–H and O–H groups in total. The lowest BCUT2D eigenvalue weighted by Gasteiger charge is -2.21. The first-order valence-corrected chi connectivity index (χ1v) is 8.26. The minimum atomic E-state index is -0.883. The highest BCUT2D eigenvalue weighted by molar-refractivity contribution is 5.83. The predicted octanol–water partition coefficient (Wildman–Crippen LogP) is 1.88. The van der Waals surface area contributed by atoms with Crippen LogP contribution in [0.15, 0.2) is 29.4 Å². The Morgan fingerprint density at radius 2 is 1.78 bits per heavy atom. The number of esters is 1. The first-order chi connectivity index (χ1) is 12.5. The molecule has 0 unspecified atom stereocenters. The fraction of sp³-hybridized carbons (Fsp3) is 0.444. The molecule has 1 rings (SSSR count). The fourth-order valence-electron chi connectivity index (χ4n) is 1.79. The van der Waals surface area contributed by atoms with Crippen LogP contribution in [0.25, 0.3) is 0 Å². The molecule has 0 spiro atoms. The zero-order valence-corrected chi connectivity index (χ0v) is 16.1. The summed E-state index contributed by atoms with van der Waals surface area (Å²) < 4.78 is 10.3. The maximum absolute atomic E-state index is 12.0. The summed E-state index contributed by atoms with van der Waals surface area (Å²) in [6, 6.07) is 5.64. The van der Waals surface area contributed by atoms with Gasteiger partial charge in [0.05, 0.1) is 0 Å². The molecule has 1 amide bonds. The van der Waals surface area contributed by atoms with E-state index in [9.17, 15) is 14.4 Å². The van der Waals surface area contributed by atoms with Crippen LogP contribution < -0.4 is 15.8 Å². The van der Waals surface area contributed by atoms with Crippen molar-refractivity contribution in [2.75, 3.05) is 0 Å². The number of amides is 1. The SMILES string of the molecule is CC(=O)O/N=C(\N)Cc1ccc(OC(=O)[C@@H](C)NC(=O)OC(C)(C)C)cc1. The highest BCUT2D eigenvalue weighted by atomic mass is 16.7. The van der Waals surface area contributed by atoms with E-state index in [-0.39, 0.29) is 12.3 Å². The molecule has 0 fully saturated rings. The molecule has 1 atom stereocenters. The molecule has 0 saturated heterocycles. The van der Waals surface area contributed by atoms with Crippen LogP contribution in [0.3, 0.4) is 0 Å². The van der Waals surface area contributed by atoms with Crippen LogP contribution in [0, 0.1) is 0 Å². The standard InChI is InChI=1S/C18H25N3O6/c1-11(20-17(24)26-18(3,4)5)16(23)25-14-8-6-13(7-9-14)10-15(19)21-27-12(2)22/h6-9,11H,10H2,1-5H3,(H2,19,21)(H,20,24)/t11-/m1/s1. The summed E-state index contributed by atoms with van der Waals surface area (Å²) in [5.41, 5.74) is 5.76. The van der Waals surface area contributed by atoms with Gasteiger partial charge in [-0.05, 0) is 45.4 Å². The molecule has 0 aliphatic carbocycles. The highest BCUT2D eigenvalue weighted by Gasteiger charge is 2.22. The number of nitrogens with two attached hydrogens (primary N) is 1. The van der Waals surface area contributed by atoms with Gasteiger partial charge in [-0.2, -0.15) is 0 Å². The van der Waals surface area contributed by atoms with Gasteiger partial charge in [0.25, 0.3) is 0 Å². The number of oxime groups is 1. The lowest BCUT2D eigenvalue weighted by molar-refractivity contribution is -0.141. The van der Waals surface area contributed by atoms with Gasteiger partial charge >= 0.3 is 18.0 Å². The monoisotopic (exact) mass is 379 g/mol. The third kappa shape index (κ3) is 9.24. The van der Waals surface area contributed by atoms with Crippen LogP contribution in [0.4, 0.5) is 4.79 Å². The zero-order chi connectivity index (χ0) is 20.6. The number of amidine groups is 1. The Morgan fingerprint density at radius 3 is 2.30 bits per heavy atom. The van der Waals surface area contributed by atoms with Crippen molar-refractivity contribution in [3.63, 3.8) is 0 Å². The topological polar surface area (TPSA) is 129 Å². The number of carbonyl (C=O) groups is 3. The Labute approximate surface area is 157 Å². The minimum absolute atomic E-state index is 0.130. The quantitative estimate of drug-likeness (QED) is 0.193. The van der Waals surface area contributed by atoms with Crippen LogP contribution in [0.2, 0.25) is 0 Å². The van der Waals surface area contributed by atoms with Gasteiger partial charge in [-0.25, -0.2) is 14.4 Å². The van der Waals surface area contributed by atoms with Gasteiger partial charge in [-0.15, -0.1) is 0 Å². The molecule has 1 aromatic carbocycles. The molecule has 0 saturated carbocycles. The number of hydrogen-bond donors (Lipinski definition) is 2. The number of benzene rings is 1. The predicted molar refractivity (Wildman–Crippen MR) is 98.0 cm³/mol. The van der Waals surface area contributed by atoms with Gasteiger partial charge in [0, 0.05) is 13.3 Å². The normalized spacial score (nSPS) is 12.7. The summed E-state index contributed by atoms with van der Waals surface area (Å²) in [5.74, 6) is -0.763. The lowest BCUT2D eigenvalue weighted by atomic mass is 10.1. The Kier molecular flexibility index (Phi) is 7.77. The molecule has 0 aliphatic rings. The number of alkyl carbamates (subject to hydrolysis) is 1. The van der Waals surface area contributed by atoms with Crippen LogP contribution in [0.1, 0.15) is 40.2 Å². The van der Waals surface area contributed by atoms with E-state index in [1.807, 2.05) is 0 Å². The second-order valence-electron chi connectivity index (χ2n) is 6.78. The second-order valence-corrected chi connectivity index (χ2v) is 6.78. The number of hydrogen-bond acceptors (Lipinski definition) is 7. The molecule has 148 valence electrons. The summed E-state index contributed by atoms with van der Waals surface area (Å²) in [6.07, 6.45) is -0.442. The Morgan fingerprint density at radius 1 is 1.19 bits per heavy atom. The molecular weight excluding hydrogens is 354 g/mol. The largest absolute Gasteiger partial charge is 0.444 e. The molecule has 0 aliphatic heterocycles. The van der Waals surface area contributed by atoms with E-state index in [1.54, 1.807) is 45.0 Å². The number of rotatable bonds is 6. The summed E-state index contributed by atoms with van der Waals surface area (Å²) in [7, 11) is 0. The van der Waals surface area contributed by atoms with E-state index in [2.05, 4.69) is 15.3 Å². The molecule has 0 radical (unpaired) electrons. The molecule has 0 bridgehead atoms. The molecule has 0 aromatic heterocycles. The molecular formula is C18H25N3O6. The molecule has 0 heterocycles. The van der Waals surface area contributed by atoms with E-state index >= 15 is 0 Å². The third-order valence-electron chi connectivity index (χ3n) is 2.91. The maximum atomic E-state index is 12.0. The average Bonchev–Trinajstić information content (AvgIpc) is 2.52. The van der Waals surface area contributed by atoms with Crippen molar-refractivity contribution in [3.05, 3.63) is 29.8 Å². The van der Waals surface area contributed by atoms with E-state index in [0.29, 0.717) is 5.75 Å². The Hall–Kier alpha value is -3.10. The third-order valence-corrected chi connectivity index (χ3v) is 2.91. The van der Waals surface area contributed by atoms with Crippen LogP contribution >= 0.6 is 0 Å². The second kappa shape index (κ2) is 9.56. The minimum Gasteiger partial charge on any atom is -0.444 e. The first-order valence-electron chi connectivity index (χ1n) is 8.26. The van der Waals surface area contributed by atoms with Crippen molar-refractivity contribution in [1.29, 1.82) is 0 Å². The van der Waals surface area contributed by atoms with E-state index in [0.717, 1.165) is 5.56 Å². The Bertz CT molecular complexity index is 707. The molecule has 9 nitrogen and oxygen atoms in total. The number of carbonyl (C=O) groups excluding carboxylic acids is 3. The van der Waals surface area contributed by atoms with Crippen molar-refractivity contribution in [2.24, 2.45) is 10.9 Å². The number of nitrogens with zero attached hydrogens (tertiary/aromatic N) is 1. The van der Waals surface area contributed by atoms with E-state index in [1.165, 1.54) is 13.8 Å². The van der Waals surface area contributed by atoms with Gasteiger partial charge in [0.2, 0.25) is 0 Å². The summed E-state index contributed by atoms with van der Waals surface area (Å²) in [5, 5.41) is 5.88. The zero-order valence-electron chi connectivity index (χ0n) is 16.1. The van der Waals surface area contributed by atoms with E-state index in [4.69, 9.17) is 15.2 Å². The summed E-state index contributed by atoms with van der Waals surface area (Å²) in [4.78, 5) is 38.8. The van der Waals surface area contributed by atoms with Gasteiger partial charge in [0.1, 0.15) is 23.2 Å². The van der Waals surface area contributed by atoms with Gasteiger partial charge in [-0.1, -0.05) is 17.3 Å². The molecule has 1 aromatic rings. The van der Waals surface area contributed by atoms with E-state index < -0.39 is 29.7 Å². The lowest BCUT2D eigenvalue weighted by Crippen LogP contribution is -2.43. The summed E-state index contributed by atoms with van der Waals surface area (Å²) in [6.45, 7) is 7.88. The number of nitrogens with one attached hydrogen (secondary N) is 1.